The van der Waals surface area contributed by atoms with Crippen molar-refractivity contribution in [1.82, 2.24) is 9.97 Å². The van der Waals surface area contributed by atoms with E-state index < -0.39 is 0 Å². The van der Waals surface area contributed by atoms with Crippen LogP contribution >= 0.6 is 0 Å². The van der Waals surface area contributed by atoms with Crippen molar-refractivity contribution in [2.45, 2.75) is 13.5 Å². The fraction of sp³-hybridized carbons (Fsp3) is 0.100. The Morgan fingerprint density at radius 3 is 2.48 bits per heavy atom. The molecule has 0 spiro atoms. The number of anilines is 3. The van der Waals surface area contributed by atoms with Crippen molar-refractivity contribution in [2.75, 3.05) is 16.0 Å². The quantitative estimate of drug-likeness (QED) is 0.626. The summed E-state index contributed by atoms with van der Waals surface area (Å²) in [5.41, 5.74) is 3.23. The number of nitrogens with zero attached hydrogens (tertiary/aromatic N) is 2. The average Bonchev–Trinajstić information content (AvgIpc) is 2.67. The molecule has 7 nitrogen and oxygen atoms in total. The highest BCUT2D eigenvalue weighted by Gasteiger charge is 2.08. The maximum atomic E-state index is 12.5. The lowest BCUT2D eigenvalue weighted by Gasteiger charge is -2.09. The van der Waals surface area contributed by atoms with E-state index in [1.54, 1.807) is 42.7 Å². The van der Waals surface area contributed by atoms with Gasteiger partial charge in [0.05, 0.1) is 23.5 Å². The Bertz CT molecular complexity index is 944. The van der Waals surface area contributed by atoms with Gasteiger partial charge in [-0.15, -0.1) is 0 Å². The van der Waals surface area contributed by atoms with Crippen LogP contribution in [0.15, 0.2) is 67.1 Å². The molecule has 2 heterocycles. The summed E-state index contributed by atoms with van der Waals surface area (Å²) < 4.78 is 0. The maximum absolute atomic E-state index is 12.5. The van der Waals surface area contributed by atoms with Crippen LogP contribution in [0, 0.1) is 0 Å². The summed E-state index contributed by atoms with van der Waals surface area (Å²) in [6.07, 6.45) is 4.88. The zero-order chi connectivity index (χ0) is 19.1. The lowest BCUT2D eigenvalue weighted by atomic mass is 10.2. The number of carbonyl (C=O) groups is 2. The molecule has 2 amide bonds. The third-order valence-electron chi connectivity index (χ3n) is 3.64. The molecule has 0 aliphatic carbocycles. The first kappa shape index (κ1) is 18.1. The molecule has 0 bridgehead atoms. The van der Waals surface area contributed by atoms with Gasteiger partial charge in [0.1, 0.15) is 0 Å². The van der Waals surface area contributed by atoms with Gasteiger partial charge in [-0.1, -0.05) is 12.1 Å². The SMILES string of the molecule is CC(=O)Nc1cccc(NC(=O)c2cncc(NCc3ccccn3)c2)c1. The molecule has 0 saturated carbocycles. The third kappa shape index (κ3) is 5.37. The Kier molecular flexibility index (Phi) is 5.73. The number of rotatable bonds is 6. The van der Waals surface area contributed by atoms with Crippen LogP contribution < -0.4 is 16.0 Å². The minimum atomic E-state index is -0.288. The Hall–Kier alpha value is -3.74. The predicted octanol–water partition coefficient (Wildman–Crippen LogP) is 3.30. The standard InChI is InChI=1S/C20H19N5O2/c1-14(26)24-16-6-4-7-17(10-16)25-20(27)15-9-19(12-21-11-15)23-13-18-5-2-3-8-22-18/h2-12,23H,13H2,1H3,(H,24,26)(H,25,27). The second kappa shape index (κ2) is 8.57. The number of nitrogens with one attached hydrogen (secondary N) is 3. The first-order valence-electron chi connectivity index (χ1n) is 8.38. The second-order valence-corrected chi connectivity index (χ2v) is 5.85. The van der Waals surface area contributed by atoms with Gasteiger partial charge in [-0.2, -0.15) is 0 Å². The highest BCUT2D eigenvalue weighted by Crippen LogP contribution is 2.17. The molecule has 0 saturated heterocycles. The summed E-state index contributed by atoms with van der Waals surface area (Å²) in [7, 11) is 0. The van der Waals surface area contributed by atoms with Crippen molar-refractivity contribution in [3.8, 4) is 0 Å². The van der Waals surface area contributed by atoms with Gasteiger partial charge in [-0.3, -0.25) is 19.6 Å². The van der Waals surface area contributed by atoms with Crippen LogP contribution in [-0.4, -0.2) is 21.8 Å². The average molecular weight is 361 g/mol. The molecule has 136 valence electrons. The summed E-state index contributed by atoms with van der Waals surface area (Å²) in [5.74, 6) is -0.460. The number of amides is 2. The number of aromatic nitrogens is 2. The van der Waals surface area contributed by atoms with Crippen molar-refractivity contribution in [3.05, 3.63) is 78.4 Å². The van der Waals surface area contributed by atoms with Gasteiger partial charge in [0.25, 0.3) is 5.91 Å². The molecule has 0 unspecified atom stereocenters. The molecule has 0 aliphatic rings. The van der Waals surface area contributed by atoms with Gasteiger partial charge in [0.2, 0.25) is 5.91 Å². The highest BCUT2D eigenvalue weighted by molar-refractivity contribution is 6.05. The molecule has 0 radical (unpaired) electrons. The monoisotopic (exact) mass is 361 g/mol. The van der Waals surface area contributed by atoms with E-state index in [2.05, 4.69) is 25.9 Å². The molecule has 3 N–H and O–H groups in total. The molecule has 0 aliphatic heterocycles. The number of hydrogen-bond donors (Lipinski definition) is 3. The first-order chi connectivity index (χ1) is 13.1. The minimum absolute atomic E-state index is 0.172. The van der Waals surface area contributed by atoms with Crippen LogP contribution in [-0.2, 0) is 11.3 Å². The van der Waals surface area contributed by atoms with Crippen molar-refractivity contribution < 1.29 is 9.59 Å². The van der Waals surface area contributed by atoms with Crippen LogP contribution in [0.2, 0.25) is 0 Å². The van der Waals surface area contributed by atoms with Crippen LogP contribution in [0.5, 0.6) is 0 Å². The zero-order valence-corrected chi connectivity index (χ0v) is 14.8. The Morgan fingerprint density at radius 1 is 0.926 bits per heavy atom. The molecule has 0 fully saturated rings. The van der Waals surface area contributed by atoms with Gasteiger partial charge in [-0.05, 0) is 36.4 Å². The Morgan fingerprint density at radius 2 is 1.74 bits per heavy atom. The van der Waals surface area contributed by atoms with Crippen molar-refractivity contribution in [2.24, 2.45) is 0 Å². The molecule has 27 heavy (non-hydrogen) atoms. The van der Waals surface area contributed by atoms with Gasteiger partial charge in [0, 0.05) is 36.9 Å². The predicted molar refractivity (Wildman–Crippen MR) is 104 cm³/mol. The van der Waals surface area contributed by atoms with Crippen molar-refractivity contribution >= 4 is 28.9 Å². The highest BCUT2D eigenvalue weighted by atomic mass is 16.2. The van der Waals surface area contributed by atoms with E-state index in [0.717, 1.165) is 11.4 Å². The van der Waals surface area contributed by atoms with Crippen molar-refractivity contribution in [3.63, 3.8) is 0 Å². The molecular formula is C20H19N5O2. The van der Waals surface area contributed by atoms with Crippen LogP contribution in [0.25, 0.3) is 0 Å². The Balaban J connectivity index is 1.65. The number of pyridine rings is 2. The first-order valence-corrected chi connectivity index (χ1v) is 8.38. The topological polar surface area (TPSA) is 96.0 Å². The van der Waals surface area contributed by atoms with E-state index in [1.807, 2.05) is 18.2 Å². The summed E-state index contributed by atoms with van der Waals surface area (Å²) in [6, 6.07) is 14.4. The number of hydrogen-bond acceptors (Lipinski definition) is 5. The third-order valence-corrected chi connectivity index (χ3v) is 3.64. The van der Waals surface area contributed by atoms with Crippen molar-refractivity contribution in [1.29, 1.82) is 0 Å². The number of carbonyl (C=O) groups excluding carboxylic acids is 2. The summed E-state index contributed by atoms with van der Waals surface area (Å²) >= 11 is 0. The van der Waals surface area contributed by atoms with E-state index in [4.69, 9.17) is 0 Å². The smallest absolute Gasteiger partial charge is 0.257 e. The molecule has 2 aromatic heterocycles. The number of benzene rings is 1. The van der Waals surface area contributed by atoms with E-state index in [1.165, 1.54) is 13.1 Å². The lowest BCUT2D eigenvalue weighted by Crippen LogP contribution is -2.13. The van der Waals surface area contributed by atoms with E-state index in [9.17, 15) is 9.59 Å². The van der Waals surface area contributed by atoms with Crippen LogP contribution in [0.4, 0.5) is 17.1 Å². The van der Waals surface area contributed by atoms with Gasteiger partial charge < -0.3 is 16.0 Å². The van der Waals surface area contributed by atoms with Crippen LogP contribution in [0.3, 0.4) is 0 Å². The Labute approximate surface area is 156 Å². The summed E-state index contributed by atoms with van der Waals surface area (Å²) in [4.78, 5) is 32.0. The molecule has 1 aromatic carbocycles. The van der Waals surface area contributed by atoms with Gasteiger partial charge >= 0.3 is 0 Å². The fourth-order valence-corrected chi connectivity index (χ4v) is 2.44. The normalized spacial score (nSPS) is 10.1. The summed E-state index contributed by atoms with van der Waals surface area (Å²) in [5, 5.41) is 8.68. The van der Waals surface area contributed by atoms with E-state index in [0.29, 0.717) is 23.5 Å². The zero-order valence-electron chi connectivity index (χ0n) is 14.8. The van der Waals surface area contributed by atoms with E-state index in [-0.39, 0.29) is 11.8 Å². The molecule has 7 heteroatoms. The van der Waals surface area contributed by atoms with E-state index >= 15 is 0 Å². The maximum Gasteiger partial charge on any atom is 0.257 e. The fourth-order valence-electron chi connectivity index (χ4n) is 2.44. The van der Waals surface area contributed by atoms with Gasteiger partial charge in [0.15, 0.2) is 0 Å². The minimum Gasteiger partial charge on any atom is -0.378 e. The molecule has 0 atom stereocenters. The molecular weight excluding hydrogens is 342 g/mol. The second-order valence-electron chi connectivity index (χ2n) is 5.85. The molecule has 3 rings (SSSR count). The largest absolute Gasteiger partial charge is 0.378 e. The summed E-state index contributed by atoms with van der Waals surface area (Å²) in [6.45, 7) is 1.97. The van der Waals surface area contributed by atoms with Gasteiger partial charge in [-0.25, -0.2) is 0 Å². The molecule has 3 aromatic rings. The van der Waals surface area contributed by atoms with Crippen LogP contribution in [0.1, 0.15) is 23.0 Å². The lowest BCUT2D eigenvalue weighted by molar-refractivity contribution is -0.114.